The summed E-state index contributed by atoms with van der Waals surface area (Å²) < 4.78 is 5.37. The average Bonchev–Trinajstić information content (AvgIpc) is 2.13. The molecule has 0 rings (SSSR count). The predicted molar refractivity (Wildman–Crippen MR) is 51.1 cm³/mol. The normalized spacial score (nSPS) is 14.3. The quantitative estimate of drug-likeness (QED) is 0.622. The van der Waals surface area contributed by atoms with Crippen LogP contribution in [-0.2, 0) is 4.74 Å². The number of ether oxygens (including phenoxy) is 1. The molecule has 0 fully saturated rings. The van der Waals surface area contributed by atoms with Gasteiger partial charge in [-0.1, -0.05) is 19.9 Å². The Hall–Kier alpha value is -0.340. The van der Waals surface area contributed by atoms with Gasteiger partial charge in [0.1, 0.15) is 6.10 Å². The van der Waals surface area contributed by atoms with Crippen LogP contribution in [0, 0.1) is 0 Å². The highest BCUT2D eigenvalue weighted by Crippen LogP contribution is 2.22. The van der Waals surface area contributed by atoms with Gasteiger partial charge in [0, 0.05) is 6.61 Å². The summed E-state index contributed by atoms with van der Waals surface area (Å²) in [5.74, 6) is 0. The summed E-state index contributed by atoms with van der Waals surface area (Å²) in [4.78, 5) is 0. The molecule has 0 radical (unpaired) electrons. The number of aliphatic hydroxyl groups is 1. The van der Waals surface area contributed by atoms with Crippen LogP contribution in [0.25, 0.3) is 0 Å². The van der Waals surface area contributed by atoms with Crippen LogP contribution in [0.4, 0.5) is 0 Å². The molecule has 12 heavy (non-hydrogen) atoms. The first-order valence-corrected chi connectivity index (χ1v) is 4.61. The molecule has 0 aromatic heterocycles. The van der Waals surface area contributed by atoms with Gasteiger partial charge < -0.3 is 9.84 Å². The second-order valence-electron chi connectivity index (χ2n) is 2.92. The van der Waals surface area contributed by atoms with Crippen molar-refractivity contribution in [2.45, 2.75) is 45.3 Å². The molecule has 0 heterocycles. The standard InChI is InChI=1S/C10H20O2/c1-5-9(12-8-4)10(11,6-2)7-3/h5,9,11H,1,6-8H2,2-4H3. The zero-order valence-corrected chi connectivity index (χ0v) is 8.34. The molecular weight excluding hydrogens is 152 g/mol. The maximum Gasteiger partial charge on any atom is 0.104 e. The molecule has 2 heteroatoms. The third-order valence-electron chi connectivity index (χ3n) is 2.31. The maximum absolute atomic E-state index is 10.0. The van der Waals surface area contributed by atoms with E-state index in [1.165, 1.54) is 0 Å². The van der Waals surface area contributed by atoms with E-state index in [4.69, 9.17) is 4.74 Å². The first-order valence-electron chi connectivity index (χ1n) is 4.61. The molecule has 72 valence electrons. The molecule has 1 unspecified atom stereocenters. The fraction of sp³-hybridized carbons (Fsp3) is 0.800. The molecule has 0 aliphatic rings. The molecular formula is C10H20O2. The van der Waals surface area contributed by atoms with Gasteiger partial charge >= 0.3 is 0 Å². The molecule has 0 aliphatic heterocycles. The van der Waals surface area contributed by atoms with E-state index >= 15 is 0 Å². The Morgan fingerprint density at radius 1 is 1.42 bits per heavy atom. The van der Waals surface area contributed by atoms with Crippen LogP contribution >= 0.6 is 0 Å². The van der Waals surface area contributed by atoms with Gasteiger partial charge in [0.25, 0.3) is 0 Å². The van der Waals surface area contributed by atoms with Crippen LogP contribution in [0.3, 0.4) is 0 Å². The fourth-order valence-corrected chi connectivity index (χ4v) is 1.27. The highest BCUT2D eigenvalue weighted by molar-refractivity contribution is 4.96. The van der Waals surface area contributed by atoms with E-state index < -0.39 is 5.60 Å². The monoisotopic (exact) mass is 172 g/mol. The molecule has 0 amide bonds. The maximum atomic E-state index is 10.0. The van der Waals surface area contributed by atoms with Crippen molar-refractivity contribution in [2.24, 2.45) is 0 Å². The second kappa shape index (κ2) is 5.33. The minimum absolute atomic E-state index is 0.238. The van der Waals surface area contributed by atoms with Gasteiger partial charge in [0.05, 0.1) is 5.60 Å². The first-order chi connectivity index (χ1) is 5.64. The Balaban J connectivity index is 4.31. The van der Waals surface area contributed by atoms with Crippen molar-refractivity contribution in [2.75, 3.05) is 6.61 Å². The van der Waals surface area contributed by atoms with Crippen molar-refractivity contribution in [1.29, 1.82) is 0 Å². The van der Waals surface area contributed by atoms with Crippen molar-refractivity contribution in [3.05, 3.63) is 12.7 Å². The molecule has 0 bridgehead atoms. The van der Waals surface area contributed by atoms with Crippen molar-refractivity contribution >= 4 is 0 Å². The van der Waals surface area contributed by atoms with Crippen molar-refractivity contribution in [3.63, 3.8) is 0 Å². The van der Waals surface area contributed by atoms with Gasteiger partial charge in [-0.05, 0) is 19.8 Å². The van der Waals surface area contributed by atoms with E-state index in [-0.39, 0.29) is 6.10 Å². The molecule has 0 aromatic rings. The molecule has 1 N–H and O–H groups in total. The average molecular weight is 172 g/mol. The second-order valence-corrected chi connectivity index (χ2v) is 2.92. The first kappa shape index (κ1) is 11.7. The molecule has 0 spiro atoms. The lowest BCUT2D eigenvalue weighted by molar-refractivity contribution is -0.0874. The largest absolute Gasteiger partial charge is 0.387 e. The smallest absolute Gasteiger partial charge is 0.104 e. The van der Waals surface area contributed by atoms with E-state index in [1.54, 1.807) is 6.08 Å². The lowest BCUT2D eigenvalue weighted by Gasteiger charge is -2.32. The van der Waals surface area contributed by atoms with Gasteiger partial charge in [-0.3, -0.25) is 0 Å². The zero-order chi connectivity index (χ0) is 9.61. The zero-order valence-electron chi connectivity index (χ0n) is 8.34. The summed E-state index contributed by atoms with van der Waals surface area (Å²) in [6, 6.07) is 0. The third-order valence-corrected chi connectivity index (χ3v) is 2.31. The van der Waals surface area contributed by atoms with Gasteiger partial charge in [0.2, 0.25) is 0 Å². The molecule has 0 saturated heterocycles. The summed E-state index contributed by atoms with van der Waals surface area (Å²) in [5, 5.41) is 10.0. The van der Waals surface area contributed by atoms with Crippen LogP contribution in [0.15, 0.2) is 12.7 Å². The van der Waals surface area contributed by atoms with Crippen molar-refractivity contribution in [3.8, 4) is 0 Å². The Morgan fingerprint density at radius 3 is 2.17 bits per heavy atom. The van der Waals surface area contributed by atoms with Crippen LogP contribution in [0.5, 0.6) is 0 Å². The van der Waals surface area contributed by atoms with Gasteiger partial charge in [-0.15, -0.1) is 6.58 Å². The van der Waals surface area contributed by atoms with E-state index in [2.05, 4.69) is 6.58 Å². The van der Waals surface area contributed by atoms with E-state index in [0.717, 1.165) is 0 Å². The highest BCUT2D eigenvalue weighted by atomic mass is 16.5. The van der Waals surface area contributed by atoms with E-state index in [9.17, 15) is 5.11 Å². The van der Waals surface area contributed by atoms with Crippen molar-refractivity contribution < 1.29 is 9.84 Å². The van der Waals surface area contributed by atoms with E-state index in [1.807, 2.05) is 20.8 Å². The number of hydrogen-bond donors (Lipinski definition) is 1. The number of hydrogen-bond acceptors (Lipinski definition) is 2. The summed E-state index contributed by atoms with van der Waals surface area (Å²) in [7, 11) is 0. The highest BCUT2D eigenvalue weighted by Gasteiger charge is 2.31. The minimum Gasteiger partial charge on any atom is -0.387 e. The molecule has 0 aromatic carbocycles. The lowest BCUT2D eigenvalue weighted by Crippen LogP contribution is -2.41. The summed E-state index contributed by atoms with van der Waals surface area (Å²) in [6.07, 6.45) is 2.83. The van der Waals surface area contributed by atoms with E-state index in [0.29, 0.717) is 19.4 Å². The predicted octanol–water partition coefficient (Wildman–Crippen LogP) is 2.13. The topological polar surface area (TPSA) is 29.5 Å². The summed E-state index contributed by atoms with van der Waals surface area (Å²) >= 11 is 0. The Bertz CT molecular complexity index is 128. The van der Waals surface area contributed by atoms with Gasteiger partial charge in [-0.25, -0.2) is 0 Å². The van der Waals surface area contributed by atoms with Crippen molar-refractivity contribution in [1.82, 2.24) is 0 Å². The fourth-order valence-electron chi connectivity index (χ4n) is 1.27. The lowest BCUT2D eigenvalue weighted by atomic mass is 9.90. The van der Waals surface area contributed by atoms with Gasteiger partial charge in [-0.2, -0.15) is 0 Å². The SMILES string of the molecule is C=CC(OCC)C(O)(CC)CC. The Kier molecular flexibility index (Phi) is 5.18. The molecule has 2 nitrogen and oxygen atoms in total. The Labute approximate surface area is 75.2 Å². The van der Waals surface area contributed by atoms with Crippen LogP contribution in [0.2, 0.25) is 0 Å². The molecule has 1 atom stereocenters. The van der Waals surface area contributed by atoms with Crippen LogP contribution in [-0.4, -0.2) is 23.4 Å². The minimum atomic E-state index is -0.738. The number of rotatable bonds is 6. The molecule has 0 saturated carbocycles. The van der Waals surface area contributed by atoms with Crippen LogP contribution < -0.4 is 0 Å². The summed E-state index contributed by atoms with van der Waals surface area (Å²) in [6.45, 7) is 10.1. The Morgan fingerprint density at radius 2 is 1.92 bits per heavy atom. The van der Waals surface area contributed by atoms with Gasteiger partial charge in [0.15, 0.2) is 0 Å². The van der Waals surface area contributed by atoms with Crippen LogP contribution in [0.1, 0.15) is 33.6 Å². The third kappa shape index (κ3) is 2.61. The molecule has 0 aliphatic carbocycles. The summed E-state index contributed by atoms with van der Waals surface area (Å²) in [5.41, 5.74) is -0.738.